The molecule has 0 aliphatic carbocycles. The van der Waals surface area contributed by atoms with Gasteiger partial charge in [0.25, 0.3) is 5.91 Å². The summed E-state index contributed by atoms with van der Waals surface area (Å²) in [7, 11) is 1.62. The average Bonchev–Trinajstić information content (AvgIpc) is 2.77. The van der Waals surface area contributed by atoms with Crippen molar-refractivity contribution in [2.45, 2.75) is 13.8 Å². The van der Waals surface area contributed by atoms with Crippen LogP contribution in [-0.4, -0.2) is 36.3 Å². The molecule has 0 fully saturated rings. The molecule has 0 bridgehead atoms. The van der Waals surface area contributed by atoms with Crippen LogP contribution in [0.1, 0.15) is 24.3 Å². The van der Waals surface area contributed by atoms with Crippen molar-refractivity contribution in [3.63, 3.8) is 0 Å². The van der Waals surface area contributed by atoms with Crippen molar-refractivity contribution < 1.29 is 9.53 Å². The minimum Gasteiger partial charge on any atom is -0.497 e. The molecule has 0 atom stereocenters. The molecule has 2 aromatic carbocycles. The summed E-state index contributed by atoms with van der Waals surface area (Å²) in [6, 6.07) is 18.6. The highest BCUT2D eigenvalue weighted by Gasteiger charge is 2.10. The maximum absolute atomic E-state index is 12.4. The Bertz CT molecular complexity index is 921. The van der Waals surface area contributed by atoms with Crippen LogP contribution in [0.25, 0.3) is 0 Å². The van der Waals surface area contributed by atoms with Crippen molar-refractivity contribution in [1.29, 1.82) is 0 Å². The number of nitrogens with one attached hydrogen (secondary N) is 2. The molecule has 7 heteroatoms. The zero-order valence-corrected chi connectivity index (χ0v) is 16.8. The Labute approximate surface area is 170 Å². The molecule has 3 rings (SSSR count). The number of methoxy groups -OCH3 is 1. The predicted molar refractivity (Wildman–Crippen MR) is 116 cm³/mol. The van der Waals surface area contributed by atoms with Gasteiger partial charge >= 0.3 is 0 Å². The highest BCUT2D eigenvalue weighted by molar-refractivity contribution is 6.02. The molecule has 7 nitrogen and oxygen atoms in total. The van der Waals surface area contributed by atoms with Gasteiger partial charge in [-0.25, -0.2) is 0 Å². The van der Waals surface area contributed by atoms with E-state index in [9.17, 15) is 4.79 Å². The Morgan fingerprint density at radius 2 is 1.55 bits per heavy atom. The number of hydrogen-bond donors (Lipinski definition) is 2. The van der Waals surface area contributed by atoms with Crippen molar-refractivity contribution >= 4 is 28.8 Å². The molecule has 0 radical (unpaired) electrons. The molecule has 0 saturated carbocycles. The molecule has 29 heavy (non-hydrogen) atoms. The number of aromatic nitrogens is 2. The van der Waals surface area contributed by atoms with Gasteiger partial charge in [-0.2, -0.15) is 0 Å². The summed E-state index contributed by atoms with van der Waals surface area (Å²) in [6.45, 7) is 6.11. The lowest BCUT2D eigenvalue weighted by molar-refractivity contribution is 0.102. The molecule has 0 saturated heterocycles. The van der Waals surface area contributed by atoms with E-state index in [-0.39, 0.29) is 11.6 Å². The Morgan fingerprint density at radius 1 is 0.897 bits per heavy atom. The van der Waals surface area contributed by atoms with E-state index in [1.807, 2.05) is 48.5 Å². The van der Waals surface area contributed by atoms with Crippen LogP contribution in [0.2, 0.25) is 0 Å². The molecular formula is C22H25N5O2. The quantitative estimate of drug-likeness (QED) is 0.595. The SMILES string of the molecule is CCN(CC)c1ccc(NC(=O)c2ccc(Nc3ccc(OC)cc3)nn2)cc1. The monoisotopic (exact) mass is 391 g/mol. The maximum atomic E-state index is 12.4. The first-order valence-electron chi connectivity index (χ1n) is 9.54. The number of carbonyl (C=O) groups is 1. The first-order chi connectivity index (χ1) is 14.1. The molecule has 0 spiro atoms. The average molecular weight is 391 g/mol. The topological polar surface area (TPSA) is 79.4 Å². The first kappa shape index (κ1) is 20.1. The first-order valence-corrected chi connectivity index (χ1v) is 9.54. The zero-order chi connectivity index (χ0) is 20.6. The van der Waals surface area contributed by atoms with Crippen LogP contribution in [0.15, 0.2) is 60.7 Å². The Balaban J connectivity index is 1.61. The van der Waals surface area contributed by atoms with Crippen LogP contribution in [0.3, 0.4) is 0 Å². The van der Waals surface area contributed by atoms with Gasteiger partial charge < -0.3 is 20.3 Å². The number of benzene rings is 2. The molecule has 0 unspecified atom stereocenters. The second-order valence-electron chi connectivity index (χ2n) is 6.33. The molecule has 1 heterocycles. The van der Waals surface area contributed by atoms with Crippen LogP contribution in [0.4, 0.5) is 22.9 Å². The largest absolute Gasteiger partial charge is 0.497 e. The molecule has 2 N–H and O–H groups in total. The molecule has 1 amide bonds. The summed E-state index contributed by atoms with van der Waals surface area (Å²) in [5.41, 5.74) is 2.94. The van der Waals surface area contributed by atoms with E-state index in [1.54, 1.807) is 19.2 Å². The van der Waals surface area contributed by atoms with Crippen LogP contribution in [0, 0.1) is 0 Å². The number of rotatable bonds is 8. The zero-order valence-electron chi connectivity index (χ0n) is 16.8. The highest BCUT2D eigenvalue weighted by Crippen LogP contribution is 2.20. The number of ether oxygens (including phenoxy) is 1. The van der Waals surface area contributed by atoms with Crippen LogP contribution in [0.5, 0.6) is 5.75 Å². The highest BCUT2D eigenvalue weighted by atomic mass is 16.5. The molecule has 0 aliphatic heterocycles. The molecule has 1 aromatic heterocycles. The summed E-state index contributed by atoms with van der Waals surface area (Å²) in [5.74, 6) is 1.03. The Morgan fingerprint density at radius 3 is 2.10 bits per heavy atom. The third kappa shape index (κ3) is 5.22. The summed E-state index contributed by atoms with van der Waals surface area (Å²) >= 11 is 0. The van der Waals surface area contributed by atoms with Gasteiger partial charge in [-0.3, -0.25) is 4.79 Å². The van der Waals surface area contributed by atoms with E-state index in [0.29, 0.717) is 11.5 Å². The van der Waals surface area contributed by atoms with Gasteiger partial charge in [0.05, 0.1) is 7.11 Å². The Hall–Kier alpha value is -3.61. The summed E-state index contributed by atoms with van der Waals surface area (Å²) in [6.07, 6.45) is 0. The summed E-state index contributed by atoms with van der Waals surface area (Å²) < 4.78 is 5.14. The van der Waals surface area contributed by atoms with Crippen molar-refractivity contribution in [2.24, 2.45) is 0 Å². The van der Waals surface area contributed by atoms with E-state index < -0.39 is 0 Å². The van der Waals surface area contributed by atoms with E-state index in [0.717, 1.165) is 30.2 Å². The van der Waals surface area contributed by atoms with Crippen molar-refractivity contribution in [3.8, 4) is 5.75 Å². The van der Waals surface area contributed by atoms with Gasteiger partial charge in [-0.1, -0.05) is 0 Å². The van der Waals surface area contributed by atoms with Gasteiger partial charge in [-0.05, 0) is 74.5 Å². The third-order valence-electron chi connectivity index (χ3n) is 4.51. The number of nitrogens with zero attached hydrogens (tertiary/aromatic N) is 3. The van der Waals surface area contributed by atoms with Crippen LogP contribution >= 0.6 is 0 Å². The van der Waals surface area contributed by atoms with E-state index in [1.165, 1.54) is 0 Å². The summed E-state index contributed by atoms with van der Waals surface area (Å²) in [5, 5.41) is 14.1. The number of amides is 1. The molecular weight excluding hydrogens is 366 g/mol. The van der Waals surface area contributed by atoms with E-state index in [2.05, 4.69) is 39.6 Å². The minimum atomic E-state index is -0.302. The van der Waals surface area contributed by atoms with Crippen molar-refractivity contribution in [2.75, 3.05) is 35.7 Å². The fraction of sp³-hybridized carbons (Fsp3) is 0.227. The van der Waals surface area contributed by atoms with E-state index >= 15 is 0 Å². The fourth-order valence-electron chi connectivity index (χ4n) is 2.88. The lowest BCUT2D eigenvalue weighted by Gasteiger charge is -2.21. The van der Waals surface area contributed by atoms with Gasteiger partial charge in [0.1, 0.15) is 5.75 Å². The van der Waals surface area contributed by atoms with Crippen LogP contribution < -0.4 is 20.3 Å². The standard InChI is InChI=1S/C22H25N5O2/c1-4-27(5-2)18-10-6-17(7-11-18)24-22(28)20-14-15-21(26-25-20)23-16-8-12-19(29-3)13-9-16/h6-15H,4-5H2,1-3H3,(H,23,26)(H,24,28). The van der Waals surface area contributed by atoms with Gasteiger partial charge in [0.15, 0.2) is 11.5 Å². The minimum absolute atomic E-state index is 0.248. The van der Waals surface area contributed by atoms with Crippen molar-refractivity contribution in [1.82, 2.24) is 10.2 Å². The Kier molecular flexibility index (Phi) is 6.63. The van der Waals surface area contributed by atoms with Gasteiger partial charge in [0, 0.05) is 30.2 Å². The lowest BCUT2D eigenvalue weighted by atomic mass is 10.2. The van der Waals surface area contributed by atoms with E-state index in [4.69, 9.17) is 4.74 Å². The second kappa shape index (κ2) is 9.54. The number of hydrogen-bond acceptors (Lipinski definition) is 6. The number of carbonyl (C=O) groups excluding carboxylic acids is 1. The predicted octanol–water partition coefficient (Wildman–Crippen LogP) is 4.33. The molecule has 150 valence electrons. The normalized spacial score (nSPS) is 10.3. The summed E-state index contributed by atoms with van der Waals surface area (Å²) in [4.78, 5) is 14.7. The molecule has 0 aliphatic rings. The molecule has 3 aromatic rings. The van der Waals surface area contributed by atoms with Gasteiger partial charge in [0.2, 0.25) is 0 Å². The number of anilines is 4. The lowest BCUT2D eigenvalue weighted by Crippen LogP contribution is -2.21. The van der Waals surface area contributed by atoms with Crippen molar-refractivity contribution in [3.05, 3.63) is 66.4 Å². The maximum Gasteiger partial charge on any atom is 0.276 e. The smallest absolute Gasteiger partial charge is 0.276 e. The fourth-order valence-corrected chi connectivity index (χ4v) is 2.88. The van der Waals surface area contributed by atoms with Crippen LogP contribution in [-0.2, 0) is 0 Å². The van der Waals surface area contributed by atoms with Gasteiger partial charge in [-0.15, -0.1) is 10.2 Å². The second-order valence-corrected chi connectivity index (χ2v) is 6.33. The third-order valence-corrected chi connectivity index (χ3v) is 4.51.